The van der Waals surface area contributed by atoms with E-state index in [1.807, 2.05) is 20.9 Å². The SMILES string of the molecule is CC(C)Oc1ccc(C(=O)N2CCC3(CC2)c2ccc(C(=O)C(F)(F)F)n2C(C)(C)CN3C)cc1F. The second-order valence-electron chi connectivity index (χ2n) is 10.6. The maximum absolute atomic E-state index is 14.5. The molecule has 2 aliphatic heterocycles. The number of halogens is 4. The number of benzene rings is 1. The van der Waals surface area contributed by atoms with Crippen molar-refractivity contribution in [3.63, 3.8) is 0 Å². The zero-order chi connectivity index (χ0) is 26.6. The monoisotopic (exact) mass is 509 g/mol. The van der Waals surface area contributed by atoms with Crippen LogP contribution in [0.2, 0.25) is 0 Å². The highest BCUT2D eigenvalue weighted by Crippen LogP contribution is 2.46. The Labute approximate surface area is 207 Å². The predicted octanol–water partition coefficient (Wildman–Crippen LogP) is 4.97. The number of amides is 1. The molecule has 0 saturated carbocycles. The molecular formula is C26H31F4N3O3. The quantitative estimate of drug-likeness (QED) is 0.432. The summed E-state index contributed by atoms with van der Waals surface area (Å²) >= 11 is 0. The number of ether oxygens (including phenoxy) is 1. The number of piperidine rings is 1. The fourth-order valence-corrected chi connectivity index (χ4v) is 5.66. The van der Waals surface area contributed by atoms with E-state index in [-0.39, 0.29) is 29.0 Å². The molecule has 3 heterocycles. The Bertz CT molecular complexity index is 1180. The van der Waals surface area contributed by atoms with Gasteiger partial charge in [0.15, 0.2) is 11.6 Å². The number of rotatable bonds is 4. The molecule has 2 aliphatic rings. The lowest BCUT2D eigenvalue weighted by molar-refractivity contribution is -0.0897. The lowest BCUT2D eigenvalue weighted by Crippen LogP contribution is -2.61. The Balaban J connectivity index is 1.59. The first kappa shape index (κ1) is 26.2. The smallest absolute Gasteiger partial charge is 0.456 e. The highest BCUT2D eigenvalue weighted by atomic mass is 19.4. The van der Waals surface area contributed by atoms with Gasteiger partial charge >= 0.3 is 6.18 Å². The zero-order valence-electron chi connectivity index (χ0n) is 21.1. The van der Waals surface area contributed by atoms with Gasteiger partial charge in [0.2, 0.25) is 0 Å². The van der Waals surface area contributed by atoms with E-state index < -0.39 is 28.9 Å². The first-order valence-corrected chi connectivity index (χ1v) is 12.0. The first-order valence-electron chi connectivity index (χ1n) is 12.0. The number of Topliss-reactive ketones (excluding diaryl/α,β-unsaturated/α-hetero) is 1. The molecule has 0 aliphatic carbocycles. The molecule has 0 N–H and O–H groups in total. The van der Waals surface area contributed by atoms with Crippen molar-refractivity contribution in [2.24, 2.45) is 0 Å². The number of alkyl halides is 3. The first-order chi connectivity index (χ1) is 16.7. The maximum Gasteiger partial charge on any atom is 0.456 e. The van der Waals surface area contributed by atoms with E-state index >= 15 is 0 Å². The number of hydrogen-bond acceptors (Lipinski definition) is 4. The van der Waals surface area contributed by atoms with Crippen LogP contribution in [0.3, 0.4) is 0 Å². The summed E-state index contributed by atoms with van der Waals surface area (Å²) in [5.41, 5.74) is -0.885. The van der Waals surface area contributed by atoms with E-state index in [9.17, 15) is 27.2 Å². The molecule has 0 radical (unpaired) electrons. The van der Waals surface area contributed by atoms with Gasteiger partial charge in [-0.25, -0.2) is 4.39 Å². The van der Waals surface area contributed by atoms with E-state index in [1.54, 1.807) is 24.8 Å². The molecule has 0 bridgehead atoms. The van der Waals surface area contributed by atoms with Crippen LogP contribution >= 0.6 is 0 Å². The number of carbonyl (C=O) groups is 2. The molecule has 10 heteroatoms. The molecule has 196 valence electrons. The van der Waals surface area contributed by atoms with Crippen molar-refractivity contribution in [2.45, 2.75) is 63.9 Å². The summed E-state index contributed by atoms with van der Waals surface area (Å²) < 4.78 is 61.3. The van der Waals surface area contributed by atoms with Crippen LogP contribution in [0.15, 0.2) is 30.3 Å². The van der Waals surface area contributed by atoms with Gasteiger partial charge < -0.3 is 14.2 Å². The zero-order valence-corrected chi connectivity index (χ0v) is 21.1. The van der Waals surface area contributed by atoms with Gasteiger partial charge in [-0.05, 0) is 77.9 Å². The van der Waals surface area contributed by atoms with E-state index in [0.29, 0.717) is 38.2 Å². The number of carbonyl (C=O) groups excluding carboxylic acids is 2. The van der Waals surface area contributed by atoms with Crippen LogP contribution in [0.5, 0.6) is 5.75 Å². The molecule has 4 rings (SSSR count). The van der Waals surface area contributed by atoms with Crippen molar-refractivity contribution >= 4 is 11.7 Å². The van der Waals surface area contributed by atoms with Gasteiger partial charge in [0.1, 0.15) is 0 Å². The van der Waals surface area contributed by atoms with Crippen LogP contribution in [-0.4, -0.2) is 65.0 Å². The summed E-state index contributed by atoms with van der Waals surface area (Å²) in [7, 11) is 1.92. The molecule has 1 amide bonds. The molecular weight excluding hydrogens is 478 g/mol. The van der Waals surface area contributed by atoms with Crippen LogP contribution in [0, 0.1) is 5.82 Å². The van der Waals surface area contributed by atoms with Crippen LogP contribution in [0.25, 0.3) is 0 Å². The molecule has 1 spiro atoms. The highest BCUT2D eigenvalue weighted by Gasteiger charge is 2.51. The Morgan fingerprint density at radius 2 is 1.69 bits per heavy atom. The standard InChI is InChI=1S/C26H31F4N3O3/c1-16(2)36-20-8-6-17(14-18(20)27)23(35)32-12-10-25(11-13-32)21-9-7-19(22(34)26(28,29)30)33(21)24(3,4)15-31(25)5/h6-9,14,16H,10-13,15H2,1-5H3. The van der Waals surface area contributed by atoms with Crippen molar-refractivity contribution < 1.29 is 31.9 Å². The summed E-state index contributed by atoms with van der Waals surface area (Å²) in [6.07, 6.45) is -4.25. The number of ketones is 1. The van der Waals surface area contributed by atoms with Crippen LogP contribution in [0.4, 0.5) is 17.6 Å². The largest absolute Gasteiger partial charge is 0.488 e. The number of hydrogen-bond donors (Lipinski definition) is 0. The normalized spacial score (nSPS) is 19.4. The van der Waals surface area contributed by atoms with Gasteiger partial charge in [-0.15, -0.1) is 0 Å². The molecule has 1 aromatic heterocycles. The summed E-state index contributed by atoms with van der Waals surface area (Å²) in [6.45, 7) is 8.29. The number of likely N-dealkylation sites (tertiary alicyclic amines) is 1. The molecule has 1 aromatic carbocycles. The molecule has 1 fully saturated rings. The molecule has 36 heavy (non-hydrogen) atoms. The Morgan fingerprint density at radius 1 is 1.06 bits per heavy atom. The third-order valence-electron chi connectivity index (χ3n) is 7.23. The van der Waals surface area contributed by atoms with Gasteiger partial charge in [-0.2, -0.15) is 13.2 Å². The highest BCUT2D eigenvalue weighted by molar-refractivity contribution is 5.99. The molecule has 6 nitrogen and oxygen atoms in total. The lowest BCUT2D eigenvalue weighted by atomic mass is 9.78. The van der Waals surface area contributed by atoms with Crippen molar-refractivity contribution in [1.29, 1.82) is 0 Å². The maximum atomic E-state index is 14.5. The van der Waals surface area contributed by atoms with E-state index in [1.165, 1.54) is 28.8 Å². The van der Waals surface area contributed by atoms with Crippen LogP contribution in [-0.2, 0) is 11.1 Å². The summed E-state index contributed by atoms with van der Waals surface area (Å²) in [5.74, 6) is -2.71. The van der Waals surface area contributed by atoms with Crippen molar-refractivity contribution in [1.82, 2.24) is 14.4 Å². The fraction of sp³-hybridized carbons (Fsp3) is 0.538. The number of likely N-dealkylation sites (N-methyl/N-ethyl adjacent to an activating group) is 1. The third kappa shape index (κ3) is 4.40. The molecule has 2 aromatic rings. The lowest BCUT2D eigenvalue weighted by Gasteiger charge is -2.55. The minimum absolute atomic E-state index is 0.0792. The van der Waals surface area contributed by atoms with Gasteiger partial charge in [0.25, 0.3) is 11.7 Å². The summed E-state index contributed by atoms with van der Waals surface area (Å²) in [4.78, 5) is 29.1. The average Bonchev–Trinajstić information content (AvgIpc) is 3.24. The topological polar surface area (TPSA) is 54.8 Å². The molecule has 1 saturated heterocycles. The summed E-state index contributed by atoms with van der Waals surface area (Å²) in [5, 5.41) is 0. The van der Waals surface area contributed by atoms with E-state index in [2.05, 4.69) is 4.90 Å². The van der Waals surface area contributed by atoms with Crippen molar-refractivity contribution in [2.75, 3.05) is 26.7 Å². The third-order valence-corrected chi connectivity index (χ3v) is 7.23. The minimum Gasteiger partial charge on any atom is -0.488 e. The Kier molecular flexibility index (Phi) is 6.47. The number of aromatic nitrogens is 1. The van der Waals surface area contributed by atoms with Crippen molar-refractivity contribution in [3.8, 4) is 5.75 Å². The van der Waals surface area contributed by atoms with E-state index in [4.69, 9.17) is 4.74 Å². The number of nitrogens with zero attached hydrogens (tertiary/aromatic N) is 3. The van der Waals surface area contributed by atoms with E-state index in [0.717, 1.165) is 0 Å². The second kappa shape index (κ2) is 8.90. The van der Waals surface area contributed by atoms with Gasteiger partial charge in [0, 0.05) is 30.9 Å². The number of fused-ring (bicyclic) bond motifs is 2. The minimum atomic E-state index is -4.97. The van der Waals surface area contributed by atoms with Gasteiger partial charge in [-0.1, -0.05) is 0 Å². The predicted molar refractivity (Wildman–Crippen MR) is 126 cm³/mol. The average molecular weight is 510 g/mol. The second-order valence-corrected chi connectivity index (χ2v) is 10.6. The fourth-order valence-electron chi connectivity index (χ4n) is 5.66. The van der Waals surface area contributed by atoms with Crippen molar-refractivity contribution in [3.05, 3.63) is 53.1 Å². The summed E-state index contributed by atoms with van der Waals surface area (Å²) in [6, 6.07) is 7.01. The Hall–Kier alpha value is -2.88. The van der Waals surface area contributed by atoms with Gasteiger partial charge in [-0.3, -0.25) is 14.5 Å². The van der Waals surface area contributed by atoms with Crippen LogP contribution in [0.1, 0.15) is 67.1 Å². The van der Waals surface area contributed by atoms with Crippen LogP contribution < -0.4 is 4.74 Å². The molecule has 0 unspecified atom stereocenters. The Morgan fingerprint density at radius 3 is 2.25 bits per heavy atom. The molecule has 0 atom stereocenters. The van der Waals surface area contributed by atoms with Gasteiger partial charge in [0.05, 0.1) is 22.9 Å².